The average Bonchev–Trinajstić information content (AvgIpc) is 3.00. The van der Waals surface area contributed by atoms with Crippen molar-refractivity contribution >= 4 is 23.6 Å². The molecule has 1 aliphatic carbocycles. The standard InChI is InChI=1S/C8H4N8O4/c9-7(19)15-11-1-2(12-15)6(18)4-3(5(1)17)13-16(14-4)8(10)20/h(H2,9,19)(H2,10,20). The van der Waals surface area contributed by atoms with E-state index in [9.17, 15) is 19.2 Å². The molecule has 0 saturated heterocycles. The second-order valence-electron chi connectivity index (χ2n) is 3.71. The van der Waals surface area contributed by atoms with Crippen LogP contribution in [0.3, 0.4) is 0 Å². The first-order valence-corrected chi connectivity index (χ1v) is 5.04. The Morgan fingerprint density at radius 1 is 0.700 bits per heavy atom. The molecule has 20 heavy (non-hydrogen) atoms. The Balaban J connectivity index is 2.21. The normalized spacial score (nSPS) is 13.0. The minimum Gasteiger partial charge on any atom is -0.348 e. The number of hydrogen-bond acceptors (Lipinski definition) is 8. The lowest BCUT2D eigenvalue weighted by molar-refractivity contribution is 0.0969. The maximum Gasteiger partial charge on any atom is 0.356 e. The largest absolute Gasteiger partial charge is 0.356 e. The third-order valence-electron chi connectivity index (χ3n) is 2.48. The third kappa shape index (κ3) is 1.35. The summed E-state index contributed by atoms with van der Waals surface area (Å²) in [5.41, 5.74) is 8.32. The Bertz CT molecular complexity index is 699. The van der Waals surface area contributed by atoms with Crippen LogP contribution in [0.1, 0.15) is 32.4 Å². The third-order valence-corrected chi connectivity index (χ3v) is 2.48. The number of nitrogens with two attached hydrogens (primary N) is 2. The van der Waals surface area contributed by atoms with Crippen LogP contribution in [0.25, 0.3) is 0 Å². The van der Waals surface area contributed by atoms with Crippen molar-refractivity contribution in [3.05, 3.63) is 22.8 Å². The van der Waals surface area contributed by atoms with E-state index in [-0.39, 0.29) is 0 Å². The molecule has 4 N–H and O–H groups in total. The number of carbonyl (C=O) groups excluding carboxylic acids is 4. The number of fused-ring (bicyclic) bond motifs is 2. The van der Waals surface area contributed by atoms with Crippen LogP contribution < -0.4 is 11.5 Å². The minimum absolute atomic E-state index is 0.391. The molecule has 0 unspecified atom stereocenters. The van der Waals surface area contributed by atoms with Crippen molar-refractivity contribution in [1.82, 2.24) is 30.0 Å². The fraction of sp³-hybridized carbons (Fsp3) is 0. The molecule has 0 atom stereocenters. The monoisotopic (exact) mass is 276 g/mol. The van der Waals surface area contributed by atoms with E-state index in [1.165, 1.54) is 0 Å². The predicted molar refractivity (Wildman–Crippen MR) is 56.9 cm³/mol. The Labute approximate surface area is 108 Å². The number of rotatable bonds is 0. The smallest absolute Gasteiger partial charge is 0.348 e. The molecular formula is C8H4N8O4. The van der Waals surface area contributed by atoms with Gasteiger partial charge in [0.25, 0.3) is 0 Å². The van der Waals surface area contributed by atoms with E-state index < -0.39 is 46.4 Å². The molecule has 0 spiro atoms. The number of aromatic nitrogens is 6. The first kappa shape index (κ1) is 11.6. The maximum atomic E-state index is 12.0. The van der Waals surface area contributed by atoms with Crippen LogP contribution in [-0.4, -0.2) is 53.6 Å². The highest BCUT2D eigenvalue weighted by Gasteiger charge is 2.39. The van der Waals surface area contributed by atoms with Crippen molar-refractivity contribution in [3.8, 4) is 0 Å². The van der Waals surface area contributed by atoms with Crippen LogP contribution in [0.4, 0.5) is 9.59 Å². The van der Waals surface area contributed by atoms with Gasteiger partial charge in [-0.1, -0.05) is 9.59 Å². The number of nitrogens with zero attached hydrogens (tertiary/aromatic N) is 6. The van der Waals surface area contributed by atoms with Gasteiger partial charge in [-0.25, -0.2) is 9.59 Å². The zero-order valence-electron chi connectivity index (χ0n) is 9.47. The molecule has 3 rings (SSSR count). The van der Waals surface area contributed by atoms with Gasteiger partial charge in [-0.2, -0.15) is 0 Å². The maximum absolute atomic E-state index is 12.0. The number of ketones is 2. The van der Waals surface area contributed by atoms with E-state index in [0.717, 1.165) is 0 Å². The molecule has 0 bridgehead atoms. The molecule has 100 valence electrons. The van der Waals surface area contributed by atoms with Gasteiger partial charge >= 0.3 is 12.1 Å². The summed E-state index contributed by atoms with van der Waals surface area (Å²) in [5.74, 6) is -1.62. The molecule has 12 nitrogen and oxygen atoms in total. The summed E-state index contributed by atoms with van der Waals surface area (Å²) in [7, 11) is 0. The van der Waals surface area contributed by atoms with Crippen LogP contribution in [0.15, 0.2) is 0 Å². The van der Waals surface area contributed by atoms with Gasteiger partial charge in [0.2, 0.25) is 11.6 Å². The van der Waals surface area contributed by atoms with E-state index in [1.54, 1.807) is 0 Å². The van der Waals surface area contributed by atoms with Gasteiger partial charge in [-0.3, -0.25) is 9.59 Å². The van der Waals surface area contributed by atoms with Crippen LogP contribution in [-0.2, 0) is 0 Å². The number of hydrogen-bond donors (Lipinski definition) is 2. The highest BCUT2D eigenvalue weighted by atomic mass is 16.2. The molecule has 0 aliphatic heterocycles. The van der Waals surface area contributed by atoms with E-state index in [2.05, 4.69) is 20.4 Å². The molecule has 2 heterocycles. The zero-order chi connectivity index (χ0) is 14.6. The van der Waals surface area contributed by atoms with Crippen LogP contribution >= 0.6 is 0 Å². The second kappa shape index (κ2) is 3.53. The first-order chi connectivity index (χ1) is 9.40. The average molecular weight is 276 g/mol. The Hall–Kier alpha value is -3.44. The fourth-order valence-electron chi connectivity index (χ4n) is 1.65. The second-order valence-corrected chi connectivity index (χ2v) is 3.71. The van der Waals surface area contributed by atoms with E-state index in [1.807, 2.05) is 0 Å². The molecule has 0 fully saturated rings. The van der Waals surface area contributed by atoms with Gasteiger partial charge in [-0.15, -0.1) is 20.4 Å². The summed E-state index contributed by atoms with van der Waals surface area (Å²) in [4.78, 5) is 46.8. The van der Waals surface area contributed by atoms with Crippen LogP contribution in [0, 0.1) is 0 Å². The van der Waals surface area contributed by atoms with Gasteiger partial charge in [0.05, 0.1) is 0 Å². The molecule has 2 aromatic heterocycles. The quantitative estimate of drug-likeness (QED) is 0.451. The van der Waals surface area contributed by atoms with Gasteiger partial charge < -0.3 is 11.5 Å². The molecular weight excluding hydrogens is 272 g/mol. The molecule has 2 aromatic rings. The Morgan fingerprint density at radius 3 is 1.15 bits per heavy atom. The fourth-order valence-corrected chi connectivity index (χ4v) is 1.65. The molecule has 0 aromatic carbocycles. The van der Waals surface area contributed by atoms with Crippen molar-refractivity contribution in [2.75, 3.05) is 0 Å². The lowest BCUT2D eigenvalue weighted by atomic mass is 10.00. The summed E-state index contributed by atoms with van der Waals surface area (Å²) in [6, 6.07) is -2.12. The summed E-state index contributed by atoms with van der Waals surface area (Å²) < 4.78 is 0. The molecule has 1 aliphatic rings. The summed E-state index contributed by atoms with van der Waals surface area (Å²) in [6.45, 7) is 0. The van der Waals surface area contributed by atoms with Crippen molar-refractivity contribution < 1.29 is 19.2 Å². The lowest BCUT2D eigenvalue weighted by Crippen LogP contribution is -2.23. The molecule has 12 heteroatoms. The van der Waals surface area contributed by atoms with Crippen molar-refractivity contribution in [2.24, 2.45) is 11.5 Å². The lowest BCUT2D eigenvalue weighted by Gasteiger charge is -2.02. The summed E-state index contributed by atoms with van der Waals surface area (Å²) in [6.07, 6.45) is 0. The topological polar surface area (TPSA) is 182 Å². The van der Waals surface area contributed by atoms with E-state index in [0.29, 0.717) is 9.59 Å². The number of carbonyl (C=O) groups is 4. The Morgan fingerprint density at radius 2 is 0.950 bits per heavy atom. The minimum atomic E-state index is -1.06. The number of amides is 2. The van der Waals surface area contributed by atoms with Crippen LogP contribution in [0.2, 0.25) is 0 Å². The zero-order valence-corrected chi connectivity index (χ0v) is 9.47. The SMILES string of the molecule is NC(=O)n1nc2c(n1)C(=O)c1nn(C(N)=O)nc1C2=O. The Kier molecular flexibility index (Phi) is 2.06. The highest BCUT2D eigenvalue weighted by molar-refractivity contribution is 6.25. The van der Waals surface area contributed by atoms with Crippen molar-refractivity contribution in [3.63, 3.8) is 0 Å². The first-order valence-electron chi connectivity index (χ1n) is 5.04. The number of primary amides is 2. The van der Waals surface area contributed by atoms with Crippen LogP contribution in [0.5, 0.6) is 0 Å². The van der Waals surface area contributed by atoms with Gasteiger partial charge in [0, 0.05) is 0 Å². The summed E-state index contributed by atoms with van der Waals surface area (Å²) in [5, 5.41) is 14.0. The molecule has 0 saturated carbocycles. The van der Waals surface area contributed by atoms with Crippen molar-refractivity contribution in [1.29, 1.82) is 0 Å². The molecule has 2 amide bonds. The van der Waals surface area contributed by atoms with Gasteiger partial charge in [-0.05, 0) is 0 Å². The van der Waals surface area contributed by atoms with Gasteiger partial charge in [0.1, 0.15) is 0 Å². The predicted octanol–water partition coefficient (Wildman–Crippen LogP) is -2.50. The van der Waals surface area contributed by atoms with E-state index >= 15 is 0 Å². The molecule has 0 radical (unpaired) electrons. The van der Waals surface area contributed by atoms with E-state index in [4.69, 9.17) is 11.5 Å². The summed E-state index contributed by atoms with van der Waals surface area (Å²) >= 11 is 0. The highest BCUT2D eigenvalue weighted by Crippen LogP contribution is 2.21. The van der Waals surface area contributed by atoms with Gasteiger partial charge in [0.15, 0.2) is 22.8 Å². The van der Waals surface area contributed by atoms with Crippen molar-refractivity contribution in [2.45, 2.75) is 0 Å².